The molecule has 1 unspecified atom stereocenters. The fourth-order valence-corrected chi connectivity index (χ4v) is 7.10. The zero-order valence-corrected chi connectivity index (χ0v) is 14.1. The van der Waals surface area contributed by atoms with E-state index in [0.717, 1.165) is 0 Å². The van der Waals surface area contributed by atoms with E-state index in [1.54, 1.807) is 0 Å². The first kappa shape index (κ1) is 13.6. The summed E-state index contributed by atoms with van der Waals surface area (Å²) in [6, 6.07) is 10.9. The van der Waals surface area contributed by atoms with Crippen LogP contribution in [-0.4, -0.2) is 12.6 Å². The number of fused-ring (bicyclic) bond motifs is 1. The second-order valence-corrected chi connectivity index (χ2v) is 11.8. The number of allylic oxidation sites excluding steroid dienone is 5. The molecule has 0 radical (unpaired) electrons. The molecular formula is C20H21NSi. The minimum absolute atomic E-state index is 0.593. The zero-order chi connectivity index (χ0) is 15.2. The third-order valence-electron chi connectivity index (χ3n) is 5.20. The van der Waals surface area contributed by atoms with E-state index in [1.807, 2.05) is 0 Å². The van der Waals surface area contributed by atoms with E-state index in [0.29, 0.717) is 11.1 Å². The standard InChI is InChI=1S/C20H21NSi/c1-22(2,16-8-3-4-9-16)20-13-12-17-18(20)10-7-11-19(17)21-14-5-6-15-21/h3-16,20H,1-2H3. The van der Waals surface area contributed by atoms with Gasteiger partial charge in [-0.1, -0.05) is 61.7 Å². The van der Waals surface area contributed by atoms with E-state index in [9.17, 15) is 0 Å². The molecule has 1 heterocycles. The Morgan fingerprint density at radius 2 is 1.64 bits per heavy atom. The van der Waals surface area contributed by atoms with Crippen LogP contribution in [0.15, 0.2) is 73.1 Å². The minimum Gasteiger partial charge on any atom is -0.323 e. The van der Waals surface area contributed by atoms with Crippen LogP contribution in [0.2, 0.25) is 18.6 Å². The van der Waals surface area contributed by atoms with Crippen molar-refractivity contribution >= 4 is 14.1 Å². The van der Waals surface area contributed by atoms with Crippen LogP contribution < -0.4 is 0 Å². The molecule has 2 aliphatic rings. The summed E-state index contributed by atoms with van der Waals surface area (Å²) in [5.41, 5.74) is 5.44. The van der Waals surface area contributed by atoms with Gasteiger partial charge in [0, 0.05) is 18.0 Å². The van der Waals surface area contributed by atoms with E-state index >= 15 is 0 Å². The van der Waals surface area contributed by atoms with Crippen molar-refractivity contribution in [1.82, 2.24) is 4.57 Å². The molecule has 1 atom stereocenters. The van der Waals surface area contributed by atoms with Crippen molar-refractivity contribution in [2.45, 2.75) is 24.2 Å². The van der Waals surface area contributed by atoms with Crippen molar-refractivity contribution in [3.8, 4) is 5.69 Å². The maximum atomic E-state index is 2.52. The molecule has 0 saturated carbocycles. The van der Waals surface area contributed by atoms with Crippen LogP contribution in [0.1, 0.15) is 16.7 Å². The quantitative estimate of drug-likeness (QED) is 0.675. The van der Waals surface area contributed by atoms with Crippen molar-refractivity contribution in [2.75, 3.05) is 0 Å². The number of hydrogen-bond donors (Lipinski definition) is 0. The number of hydrogen-bond acceptors (Lipinski definition) is 0. The van der Waals surface area contributed by atoms with E-state index in [-0.39, 0.29) is 0 Å². The van der Waals surface area contributed by atoms with Crippen LogP contribution in [0.5, 0.6) is 0 Å². The predicted octanol–water partition coefficient (Wildman–Crippen LogP) is 5.33. The Hall–Kier alpha value is -2.06. The highest BCUT2D eigenvalue weighted by molar-refractivity contribution is 6.81. The third-order valence-corrected chi connectivity index (χ3v) is 9.41. The van der Waals surface area contributed by atoms with Gasteiger partial charge in [-0.15, -0.1) is 0 Å². The van der Waals surface area contributed by atoms with Gasteiger partial charge in [0.2, 0.25) is 0 Å². The van der Waals surface area contributed by atoms with E-state index in [4.69, 9.17) is 0 Å². The van der Waals surface area contributed by atoms with Gasteiger partial charge < -0.3 is 4.57 Å². The first-order valence-corrected chi connectivity index (χ1v) is 11.1. The summed E-state index contributed by atoms with van der Waals surface area (Å²) in [5, 5.41) is 0. The van der Waals surface area contributed by atoms with Crippen LogP contribution >= 0.6 is 0 Å². The average Bonchev–Trinajstić information content (AvgIpc) is 3.26. The first-order chi connectivity index (χ1) is 10.7. The average molecular weight is 303 g/mol. The molecule has 2 aromatic rings. The van der Waals surface area contributed by atoms with Gasteiger partial charge in [-0.05, 0) is 34.8 Å². The smallest absolute Gasteiger partial charge is 0.0707 e. The third kappa shape index (κ3) is 1.98. The molecule has 4 rings (SSSR count). The summed E-state index contributed by atoms with van der Waals surface area (Å²) >= 11 is 0. The van der Waals surface area contributed by atoms with Crippen molar-refractivity contribution in [2.24, 2.45) is 0 Å². The molecule has 0 fully saturated rings. The van der Waals surface area contributed by atoms with Crippen molar-refractivity contribution in [3.05, 3.63) is 84.2 Å². The monoisotopic (exact) mass is 303 g/mol. The second kappa shape index (κ2) is 4.99. The molecule has 1 nitrogen and oxygen atoms in total. The summed E-state index contributed by atoms with van der Waals surface area (Å²) in [6.45, 7) is 5.04. The van der Waals surface area contributed by atoms with Crippen LogP contribution in [0.4, 0.5) is 0 Å². The highest BCUT2D eigenvalue weighted by atomic mass is 28.3. The maximum absolute atomic E-state index is 2.52. The van der Waals surface area contributed by atoms with Gasteiger partial charge in [0.05, 0.1) is 13.8 Å². The second-order valence-electron chi connectivity index (χ2n) is 6.82. The Morgan fingerprint density at radius 3 is 2.36 bits per heavy atom. The lowest BCUT2D eigenvalue weighted by Gasteiger charge is -2.33. The Morgan fingerprint density at radius 1 is 0.909 bits per heavy atom. The lowest BCUT2D eigenvalue weighted by molar-refractivity contribution is 1.05. The van der Waals surface area contributed by atoms with Gasteiger partial charge in [0.25, 0.3) is 0 Å². The van der Waals surface area contributed by atoms with Gasteiger partial charge in [0.15, 0.2) is 0 Å². The Bertz CT molecular complexity index is 766. The number of benzene rings is 1. The topological polar surface area (TPSA) is 4.93 Å². The molecule has 0 bridgehead atoms. The summed E-state index contributed by atoms with van der Waals surface area (Å²) in [5.74, 6) is 0. The van der Waals surface area contributed by atoms with Crippen molar-refractivity contribution < 1.29 is 0 Å². The van der Waals surface area contributed by atoms with E-state index in [1.165, 1.54) is 16.8 Å². The highest BCUT2D eigenvalue weighted by Gasteiger charge is 2.40. The van der Waals surface area contributed by atoms with Gasteiger partial charge >= 0.3 is 0 Å². The van der Waals surface area contributed by atoms with Crippen LogP contribution in [0.25, 0.3) is 11.8 Å². The zero-order valence-electron chi connectivity index (χ0n) is 13.1. The molecule has 2 heteroatoms. The van der Waals surface area contributed by atoms with Crippen LogP contribution in [0.3, 0.4) is 0 Å². The molecule has 0 N–H and O–H groups in total. The van der Waals surface area contributed by atoms with Gasteiger partial charge in [0.1, 0.15) is 0 Å². The molecule has 0 aliphatic heterocycles. The number of aromatic nitrogens is 1. The molecule has 2 aliphatic carbocycles. The van der Waals surface area contributed by atoms with E-state index < -0.39 is 8.07 Å². The highest BCUT2D eigenvalue weighted by Crippen LogP contribution is 2.45. The Kier molecular flexibility index (Phi) is 3.08. The first-order valence-electron chi connectivity index (χ1n) is 7.97. The van der Waals surface area contributed by atoms with Crippen molar-refractivity contribution in [3.63, 3.8) is 0 Å². The SMILES string of the molecule is C[Si](C)(C1C=CC=C1)C1C=Cc2c1cccc2-n1cccc1. The van der Waals surface area contributed by atoms with Crippen molar-refractivity contribution in [1.29, 1.82) is 0 Å². The fraction of sp³-hybridized carbons (Fsp3) is 0.200. The summed E-state index contributed by atoms with van der Waals surface area (Å²) in [7, 11) is -1.47. The number of rotatable bonds is 3. The fourth-order valence-electron chi connectivity index (χ4n) is 3.82. The molecule has 22 heavy (non-hydrogen) atoms. The molecule has 0 spiro atoms. The predicted molar refractivity (Wildman–Crippen MR) is 97.1 cm³/mol. The maximum Gasteiger partial charge on any atom is 0.0707 e. The lowest BCUT2D eigenvalue weighted by Crippen LogP contribution is -2.37. The molecule has 110 valence electrons. The van der Waals surface area contributed by atoms with Crippen LogP contribution in [0, 0.1) is 0 Å². The molecule has 1 aromatic carbocycles. The van der Waals surface area contributed by atoms with E-state index in [2.05, 4.69) is 96.8 Å². The molecule has 1 aromatic heterocycles. The normalized spacial score (nSPS) is 20.0. The summed E-state index contributed by atoms with van der Waals surface area (Å²) < 4.78 is 2.22. The number of nitrogens with zero attached hydrogens (tertiary/aromatic N) is 1. The summed E-state index contributed by atoms with van der Waals surface area (Å²) in [4.78, 5) is 0. The van der Waals surface area contributed by atoms with Gasteiger partial charge in [-0.2, -0.15) is 0 Å². The van der Waals surface area contributed by atoms with Crippen LogP contribution in [-0.2, 0) is 0 Å². The largest absolute Gasteiger partial charge is 0.323 e. The van der Waals surface area contributed by atoms with Gasteiger partial charge in [-0.3, -0.25) is 0 Å². The minimum atomic E-state index is -1.47. The molecule has 0 saturated heterocycles. The molecule has 0 amide bonds. The summed E-state index contributed by atoms with van der Waals surface area (Å²) in [6.07, 6.45) is 18.2. The van der Waals surface area contributed by atoms with Gasteiger partial charge in [-0.25, -0.2) is 0 Å². The lowest BCUT2D eigenvalue weighted by atomic mass is 10.1. The Balaban J connectivity index is 1.78. The Labute approximate surface area is 133 Å². The molecular weight excluding hydrogens is 282 g/mol.